The molecule has 6 rings (SSSR count). The number of amides is 3. The number of nitrogens with zero attached hydrogens (tertiary/aromatic N) is 5. The van der Waals surface area contributed by atoms with Gasteiger partial charge in [0.1, 0.15) is 17.8 Å². The highest BCUT2D eigenvalue weighted by Crippen LogP contribution is 2.43. The Balaban J connectivity index is 1.38. The summed E-state index contributed by atoms with van der Waals surface area (Å²) in [7, 11) is 0. The Morgan fingerprint density at radius 2 is 1.91 bits per heavy atom. The van der Waals surface area contributed by atoms with Gasteiger partial charge in [0, 0.05) is 60.2 Å². The normalized spacial score (nSPS) is 20.0. The van der Waals surface area contributed by atoms with Crippen LogP contribution in [0.1, 0.15) is 73.7 Å². The Morgan fingerprint density at radius 1 is 1.14 bits per heavy atom. The van der Waals surface area contributed by atoms with Crippen molar-refractivity contribution in [3.8, 4) is 6.07 Å². The van der Waals surface area contributed by atoms with Crippen molar-refractivity contribution in [1.82, 2.24) is 15.3 Å². The van der Waals surface area contributed by atoms with E-state index >= 15 is 0 Å². The summed E-state index contributed by atoms with van der Waals surface area (Å²) in [5.74, 6) is -3.87. The molecule has 44 heavy (non-hydrogen) atoms. The molecule has 2 unspecified atom stereocenters. The topological polar surface area (TPSA) is 119 Å². The first-order chi connectivity index (χ1) is 21.1. The van der Waals surface area contributed by atoms with E-state index in [2.05, 4.69) is 15.3 Å². The number of hydrogen-bond acceptors (Lipinski definition) is 6. The number of benzene rings is 2. The van der Waals surface area contributed by atoms with Crippen LogP contribution >= 0.6 is 11.6 Å². The maximum absolute atomic E-state index is 14.5. The number of aromatic nitrogens is 2. The van der Waals surface area contributed by atoms with Crippen molar-refractivity contribution in [2.45, 2.75) is 74.9 Å². The Bertz CT molecular complexity index is 1650. The fourth-order valence-electron chi connectivity index (χ4n) is 5.96. The van der Waals surface area contributed by atoms with Gasteiger partial charge in [-0.3, -0.25) is 24.2 Å². The molecule has 0 bridgehead atoms. The van der Waals surface area contributed by atoms with Crippen molar-refractivity contribution >= 4 is 41.0 Å². The van der Waals surface area contributed by atoms with Crippen LogP contribution in [-0.4, -0.2) is 45.7 Å². The van der Waals surface area contributed by atoms with E-state index < -0.39 is 48.7 Å². The zero-order valence-electron chi connectivity index (χ0n) is 23.6. The molecule has 0 spiro atoms. The SMILES string of the molecule is N#Cc1ccnc(N2C(=O)CCC2CC(=O)N(c2cccc(C3CC3)c2)C(C(=O)NC2CC(F)(F)C2)c2ccccc2Cl)n1. The number of alkyl halides is 2. The van der Waals surface area contributed by atoms with Gasteiger partial charge in [-0.15, -0.1) is 0 Å². The second-order valence-corrected chi connectivity index (χ2v) is 11.9. The number of carbonyl (C=O) groups excluding carboxylic acids is 3. The highest BCUT2D eigenvalue weighted by atomic mass is 35.5. The van der Waals surface area contributed by atoms with Gasteiger partial charge in [0.2, 0.25) is 23.7 Å². The van der Waals surface area contributed by atoms with Gasteiger partial charge in [0.05, 0.1) is 0 Å². The molecule has 2 saturated carbocycles. The third-order valence-corrected chi connectivity index (χ3v) is 8.66. The van der Waals surface area contributed by atoms with Crippen LogP contribution in [-0.2, 0) is 14.4 Å². The molecule has 3 aliphatic rings. The van der Waals surface area contributed by atoms with E-state index in [0.29, 0.717) is 23.6 Å². The van der Waals surface area contributed by atoms with E-state index in [0.717, 1.165) is 18.4 Å². The van der Waals surface area contributed by atoms with Gasteiger partial charge in [-0.05, 0) is 55.0 Å². The van der Waals surface area contributed by atoms with E-state index in [1.807, 2.05) is 24.3 Å². The van der Waals surface area contributed by atoms with Crippen LogP contribution in [0, 0.1) is 11.3 Å². The minimum atomic E-state index is -2.85. The van der Waals surface area contributed by atoms with Crippen LogP contribution in [0.4, 0.5) is 20.4 Å². The maximum Gasteiger partial charge on any atom is 0.252 e. The van der Waals surface area contributed by atoms with E-state index in [1.54, 1.807) is 30.3 Å². The molecular formula is C32H29ClF2N6O3. The lowest BCUT2D eigenvalue weighted by molar-refractivity contribution is -0.133. The number of rotatable bonds is 9. The van der Waals surface area contributed by atoms with Gasteiger partial charge in [-0.1, -0.05) is 41.9 Å². The predicted molar refractivity (Wildman–Crippen MR) is 158 cm³/mol. The van der Waals surface area contributed by atoms with Crippen LogP contribution in [0.3, 0.4) is 0 Å². The molecule has 3 aromatic rings. The third-order valence-electron chi connectivity index (χ3n) is 8.32. The van der Waals surface area contributed by atoms with Crippen molar-refractivity contribution in [1.29, 1.82) is 5.26 Å². The van der Waals surface area contributed by atoms with E-state index in [1.165, 1.54) is 22.1 Å². The van der Waals surface area contributed by atoms with Gasteiger partial charge in [0.15, 0.2) is 0 Å². The van der Waals surface area contributed by atoms with Gasteiger partial charge >= 0.3 is 0 Å². The molecule has 1 saturated heterocycles. The molecule has 0 radical (unpaired) electrons. The Kier molecular flexibility index (Phi) is 8.03. The largest absolute Gasteiger partial charge is 0.351 e. The lowest BCUT2D eigenvalue weighted by Crippen LogP contribution is -2.54. The van der Waals surface area contributed by atoms with Crippen molar-refractivity contribution in [2.75, 3.05) is 9.80 Å². The molecule has 2 heterocycles. The summed E-state index contributed by atoms with van der Waals surface area (Å²) in [5.41, 5.74) is 1.90. The summed E-state index contributed by atoms with van der Waals surface area (Å²) in [6.45, 7) is 0. The summed E-state index contributed by atoms with van der Waals surface area (Å²) in [4.78, 5) is 52.4. The van der Waals surface area contributed by atoms with E-state index in [9.17, 15) is 28.4 Å². The molecule has 2 aromatic carbocycles. The highest BCUT2D eigenvalue weighted by molar-refractivity contribution is 6.31. The standard InChI is InChI=1S/C32H29ClF2N6O3/c33-26-7-2-1-6-25(26)29(30(44)38-22-16-32(34,35)17-22)40(23-5-3-4-20(14-23)19-8-9-19)28(43)15-24-10-11-27(42)41(24)31-37-13-12-21(18-36)39-31/h1-7,12-14,19,22,24,29H,8-11,15-17H2,(H,38,44). The van der Waals surface area contributed by atoms with Crippen LogP contribution in [0.5, 0.6) is 0 Å². The second-order valence-electron chi connectivity index (χ2n) is 11.5. The zero-order chi connectivity index (χ0) is 31.0. The zero-order valence-corrected chi connectivity index (χ0v) is 24.4. The second kappa shape index (κ2) is 11.9. The molecule has 226 valence electrons. The summed E-state index contributed by atoms with van der Waals surface area (Å²) in [5, 5.41) is 12.3. The van der Waals surface area contributed by atoms with Crippen LogP contribution in [0.15, 0.2) is 60.8 Å². The predicted octanol–water partition coefficient (Wildman–Crippen LogP) is 5.45. The minimum Gasteiger partial charge on any atom is -0.351 e. The van der Waals surface area contributed by atoms with Crippen LogP contribution in [0.25, 0.3) is 0 Å². The number of anilines is 2. The highest BCUT2D eigenvalue weighted by Gasteiger charge is 2.47. The molecule has 1 aliphatic heterocycles. The van der Waals surface area contributed by atoms with Gasteiger partial charge in [0.25, 0.3) is 5.92 Å². The number of nitrogens with one attached hydrogen (secondary N) is 1. The molecule has 1 aromatic heterocycles. The lowest BCUT2D eigenvalue weighted by Gasteiger charge is -2.38. The summed E-state index contributed by atoms with van der Waals surface area (Å²) >= 11 is 6.61. The number of hydrogen-bond donors (Lipinski definition) is 1. The van der Waals surface area contributed by atoms with Crippen LogP contribution < -0.4 is 15.1 Å². The van der Waals surface area contributed by atoms with Crippen molar-refractivity contribution in [3.63, 3.8) is 0 Å². The van der Waals surface area contributed by atoms with Gasteiger partial charge in [-0.25, -0.2) is 18.7 Å². The smallest absolute Gasteiger partial charge is 0.252 e. The molecule has 3 fully saturated rings. The van der Waals surface area contributed by atoms with Crippen molar-refractivity contribution in [2.24, 2.45) is 0 Å². The average Bonchev–Trinajstić information content (AvgIpc) is 3.78. The third kappa shape index (κ3) is 6.13. The van der Waals surface area contributed by atoms with Crippen molar-refractivity contribution in [3.05, 3.63) is 82.6 Å². The van der Waals surface area contributed by atoms with Crippen LogP contribution in [0.2, 0.25) is 5.02 Å². The minimum absolute atomic E-state index is 0.0259. The molecule has 12 heteroatoms. The number of carbonyl (C=O) groups is 3. The molecule has 1 N–H and O–H groups in total. The summed E-state index contributed by atoms with van der Waals surface area (Å²) in [6, 6.07) is 14.7. The Morgan fingerprint density at radius 3 is 2.61 bits per heavy atom. The fourth-order valence-corrected chi connectivity index (χ4v) is 6.20. The molecule has 3 amide bonds. The number of halogens is 3. The lowest BCUT2D eigenvalue weighted by atomic mass is 9.87. The first kappa shape index (κ1) is 29.6. The average molecular weight is 619 g/mol. The Hall–Kier alpha value is -4.43. The van der Waals surface area contributed by atoms with Gasteiger partial charge < -0.3 is 5.32 Å². The van der Waals surface area contributed by atoms with E-state index in [-0.39, 0.29) is 35.4 Å². The molecule has 2 atom stereocenters. The maximum atomic E-state index is 14.5. The quantitative estimate of drug-likeness (QED) is 0.340. The Labute approximate surface area is 257 Å². The van der Waals surface area contributed by atoms with Gasteiger partial charge in [-0.2, -0.15) is 5.26 Å². The fraction of sp³-hybridized carbons (Fsp3) is 0.375. The van der Waals surface area contributed by atoms with E-state index in [4.69, 9.17) is 11.6 Å². The summed E-state index contributed by atoms with van der Waals surface area (Å²) in [6.07, 6.45) is 2.74. The molecule has 2 aliphatic carbocycles. The first-order valence-corrected chi connectivity index (χ1v) is 14.9. The van der Waals surface area contributed by atoms with Crippen molar-refractivity contribution < 1.29 is 23.2 Å². The first-order valence-electron chi connectivity index (χ1n) is 14.5. The molecule has 9 nitrogen and oxygen atoms in total. The number of nitriles is 1. The molecular weight excluding hydrogens is 590 g/mol. The summed E-state index contributed by atoms with van der Waals surface area (Å²) < 4.78 is 27.4. The monoisotopic (exact) mass is 618 g/mol.